The molecule has 4 aromatic rings. The quantitative estimate of drug-likeness (QED) is 0.528. The molecule has 1 aliphatic heterocycles. The molecule has 2 N–H and O–H groups in total. The van der Waals surface area contributed by atoms with E-state index in [0.29, 0.717) is 36.5 Å². The van der Waals surface area contributed by atoms with Gasteiger partial charge in [0.25, 0.3) is 11.5 Å². The number of nitrogens with zero attached hydrogens (tertiary/aromatic N) is 4. The zero-order valence-electron chi connectivity index (χ0n) is 16.9. The first-order chi connectivity index (χ1) is 14.5. The summed E-state index contributed by atoms with van der Waals surface area (Å²) in [5.74, 6) is 0.622. The fraction of sp³-hybridized carbons (Fsp3) is 0.333. The molecule has 0 spiro atoms. The summed E-state index contributed by atoms with van der Waals surface area (Å²) in [7, 11) is 0. The van der Waals surface area contributed by atoms with Gasteiger partial charge in [-0.15, -0.1) is 11.3 Å². The number of carbonyl (C=O) groups excluding carboxylic acids is 1. The van der Waals surface area contributed by atoms with Crippen molar-refractivity contribution in [1.82, 2.24) is 30.0 Å². The molecule has 1 aliphatic rings. The number of aromatic amines is 2. The van der Waals surface area contributed by atoms with Crippen molar-refractivity contribution < 1.29 is 4.79 Å². The molecule has 30 heavy (non-hydrogen) atoms. The third-order valence-electron chi connectivity index (χ3n) is 5.79. The smallest absolute Gasteiger partial charge is 0.275 e. The molecule has 4 heterocycles. The predicted octanol–water partition coefficient (Wildman–Crippen LogP) is 2.44. The first-order valence-corrected chi connectivity index (χ1v) is 10.8. The molecule has 1 aromatic carbocycles. The Morgan fingerprint density at radius 3 is 2.73 bits per heavy atom. The number of rotatable bonds is 3. The first kappa shape index (κ1) is 19.0. The summed E-state index contributed by atoms with van der Waals surface area (Å²) < 4.78 is 0. The first-order valence-electron chi connectivity index (χ1n) is 9.95. The lowest BCUT2D eigenvalue weighted by molar-refractivity contribution is 0.0621. The van der Waals surface area contributed by atoms with Crippen molar-refractivity contribution in [3.63, 3.8) is 0 Å². The Balaban J connectivity index is 1.28. The van der Waals surface area contributed by atoms with E-state index < -0.39 is 0 Å². The average molecular weight is 423 g/mol. The van der Waals surface area contributed by atoms with Gasteiger partial charge in [0.15, 0.2) is 5.69 Å². The normalized spacial score (nSPS) is 15.3. The lowest BCUT2D eigenvalue weighted by atomic mass is 10.2. The zero-order chi connectivity index (χ0) is 20.8. The minimum absolute atomic E-state index is 0.0513. The van der Waals surface area contributed by atoms with Crippen molar-refractivity contribution in [2.24, 2.45) is 0 Å². The Labute approximate surface area is 176 Å². The highest BCUT2D eigenvalue weighted by Crippen LogP contribution is 2.26. The van der Waals surface area contributed by atoms with Crippen molar-refractivity contribution in [3.05, 3.63) is 56.6 Å². The fourth-order valence-electron chi connectivity index (χ4n) is 3.97. The van der Waals surface area contributed by atoms with E-state index in [2.05, 4.69) is 25.1 Å². The van der Waals surface area contributed by atoms with E-state index in [1.807, 2.05) is 43.0 Å². The molecule has 0 bridgehead atoms. The minimum Gasteiger partial charge on any atom is -0.335 e. The van der Waals surface area contributed by atoms with Gasteiger partial charge >= 0.3 is 0 Å². The van der Waals surface area contributed by atoms with E-state index in [9.17, 15) is 9.59 Å². The highest BCUT2D eigenvalue weighted by Gasteiger charge is 2.25. The number of para-hydroxylation sites is 1. The Hall–Kier alpha value is -3.04. The van der Waals surface area contributed by atoms with Gasteiger partial charge in [-0.2, -0.15) is 5.10 Å². The predicted molar refractivity (Wildman–Crippen MR) is 117 cm³/mol. The molecular weight excluding hydrogens is 400 g/mol. The van der Waals surface area contributed by atoms with Gasteiger partial charge in [-0.3, -0.25) is 19.6 Å². The third kappa shape index (κ3) is 3.20. The molecule has 3 aromatic heterocycles. The highest BCUT2D eigenvalue weighted by atomic mass is 32.1. The number of aryl methyl sites for hydroxylation is 2. The monoisotopic (exact) mass is 422 g/mol. The van der Waals surface area contributed by atoms with Crippen LogP contribution in [0.1, 0.15) is 26.8 Å². The van der Waals surface area contributed by atoms with Crippen LogP contribution in [0.25, 0.3) is 21.1 Å². The Bertz CT molecular complexity index is 1310. The van der Waals surface area contributed by atoms with Crippen LogP contribution in [0, 0.1) is 13.8 Å². The molecule has 0 unspecified atom stereocenters. The number of nitrogens with one attached hydrogen (secondary N) is 2. The summed E-state index contributed by atoms with van der Waals surface area (Å²) in [6.07, 6.45) is 0. The second-order valence-corrected chi connectivity index (χ2v) is 8.87. The van der Waals surface area contributed by atoms with Gasteiger partial charge in [0.1, 0.15) is 10.7 Å². The van der Waals surface area contributed by atoms with Gasteiger partial charge in [0.05, 0.1) is 17.4 Å². The number of fused-ring (bicyclic) bond motifs is 2. The lowest BCUT2D eigenvalue weighted by Crippen LogP contribution is -2.48. The third-order valence-corrected chi connectivity index (χ3v) is 6.90. The van der Waals surface area contributed by atoms with E-state index in [-0.39, 0.29) is 11.5 Å². The van der Waals surface area contributed by atoms with Gasteiger partial charge in [-0.05, 0) is 25.5 Å². The van der Waals surface area contributed by atoms with Crippen LogP contribution in [0.4, 0.5) is 0 Å². The summed E-state index contributed by atoms with van der Waals surface area (Å²) in [4.78, 5) is 39.0. The SMILES string of the molecule is Cc1sc2nc(CN3CCN(C(=O)c4n[nH]c5ccccc45)CC3)[nH]c(=O)c2c1C. The van der Waals surface area contributed by atoms with Crippen LogP contribution in [0.5, 0.6) is 0 Å². The van der Waals surface area contributed by atoms with Gasteiger partial charge in [0.2, 0.25) is 0 Å². The van der Waals surface area contributed by atoms with Crippen LogP contribution in [-0.4, -0.2) is 62.1 Å². The van der Waals surface area contributed by atoms with Crippen LogP contribution in [0.2, 0.25) is 0 Å². The number of aromatic nitrogens is 4. The molecule has 1 amide bonds. The number of hydrogen-bond donors (Lipinski definition) is 2. The molecule has 5 rings (SSSR count). The summed E-state index contributed by atoms with van der Waals surface area (Å²) in [6, 6.07) is 7.66. The molecule has 154 valence electrons. The van der Waals surface area contributed by atoms with Crippen LogP contribution < -0.4 is 5.56 Å². The number of hydrogen-bond acceptors (Lipinski definition) is 6. The van der Waals surface area contributed by atoms with Gasteiger partial charge in [-0.25, -0.2) is 4.98 Å². The van der Waals surface area contributed by atoms with E-state index in [1.54, 1.807) is 11.3 Å². The van der Waals surface area contributed by atoms with Crippen LogP contribution in [0.3, 0.4) is 0 Å². The average Bonchev–Trinajstić information content (AvgIpc) is 3.29. The largest absolute Gasteiger partial charge is 0.335 e. The molecule has 0 radical (unpaired) electrons. The van der Waals surface area contributed by atoms with Crippen LogP contribution in [-0.2, 0) is 6.54 Å². The van der Waals surface area contributed by atoms with E-state index in [4.69, 9.17) is 0 Å². The number of piperazine rings is 1. The molecule has 0 saturated carbocycles. The van der Waals surface area contributed by atoms with Crippen LogP contribution >= 0.6 is 11.3 Å². The molecule has 9 heteroatoms. The second-order valence-electron chi connectivity index (χ2n) is 7.66. The summed E-state index contributed by atoms with van der Waals surface area (Å²) >= 11 is 1.56. The molecule has 0 aliphatic carbocycles. The van der Waals surface area contributed by atoms with Crippen LogP contribution in [0.15, 0.2) is 29.1 Å². The number of H-pyrrole nitrogens is 2. The maximum absolute atomic E-state index is 12.9. The standard InChI is InChI=1S/C21H22N6O2S/c1-12-13(2)30-20-17(12)19(28)22-16(23-20)11-26-7-9-27(10-8-26)21(29)18-14-5-3-4-6-15(14)24-25-18/h3-6H,7-11H2,1-2H3,(H,24,25)(H,22,23,28). The topological polar surface area (TPSA) is 98.0 Å². The van der Waals surface area contributed by atoms with Crippen molar-refractivity contribution in [2.75, 3.05) is 26.2 Å². The maximum Gasteiger partial charge on any atom is 0.275 e. The Morgan fingerprint density at radius 1 is 1.17 bits per heavy atom. The van der Waals surface area contributed by atoms with Crippen molar-refractivity contribution in [3.8, 4) is 0 Å². The van der Waals surface area contributed by atoms with Gasteiger partial charge in [-0.1, -0.05) is 18.2 Å². The van der Waals surface area contributed by atoms with Crippen molar-refractivity contribution in [1.29, 1.82) is 0 Å². The van der Waals surface area contributed by atoms with E-state index >= 15 is 0 Å². The van der Waals surface area contributed by atoms with Gasteiger partial charge < -0.3 is 9.88 Å². The van der Waals surface area contributed by atoms with E-state index in [1.165, 1.54) is 0 Å². The Kier molecular flexibility index (Phi) is 4.63. The fourth-order valence-corrected chi connectivity index (χ4v) is 5.02. The number of benzene rings is 1. The summed E-state index contributed by atoms with van der Waals surface area (Å²) in [5, 5.41) is 8.70. The highest BCUT2D eigenvalue weighted by molar-refractivity contribution is 7.18. The second kappa shape index (κ2) is 7.33. The Morgan fingerprint density at radius 2 is 1.93 bits per heavy atom. The molecule has 0 atom stereocenters. The number of thiophene rings is 1. The number of carbonyl (C=O) groups is 1. The maximum atomic E-state index is 12.9. The van der Waals surface area contributed by atoms with Gasteiger partial charge in [0, 0.05) is 36.4 Å². The molecular formula is C21H22N6O2S. The van der Waals surface area contributed by atoms with E-state index in [0.717, 1.165) is 39.3 Å². The molecule has 1 saturated heterocycles. The molecule has 8 nitrogen and oxygen atoms in total. The zero-order valence-corrected chi connectivity index (χ0v) is 17.7. The summed E-state index contributed by atoms with van der Waals surface area (Å²) in [5.41, 5.74) is 2.27. The molecule has 1 fully saturated rings. The number of amides is 1. The van der Waals surface area contributed by atoms with Crippen molar-refractivity contribution in [2.45, 2.75) is 20.4 Å². The van der Waals surface area contributed by atoms with Crippen molar-refractivity contribution >= 4 is 38.4 Å². The summed E-state index contributed by atoms with van der Waals surface area (Å²) in [6.45, 7) is 7.21. The minimum atomic E-state index is -0.0731. The lowest BCUT2D eigenvalue weighted by Gasteiger charge is -2.34.